The normalized spacial score (nSPS) is 13.4. The lowest BCUT2D eigenvalue weighted by molar-refractivity contribution is -0.136. The Hall–Kier alpha value is -1.00. The van der Waals surface area contributed by atoms with Gasteiger partial charge in [-0.2, -0.15) is 0 Å². The molecule has 1 rings (SSSR count). The molecule has 1 atom stereocenters. The van der Waals surface area contributed by atoms with E-state index in [1.54, 1.807) is 0 Å². The van der Waals surface area contributed by atoms with Crippen molar-refractivity contribution >= 4 is 17.7 Å². The molecule has 0 amide bonds. The van der Waals surface area contributed by atoms with E-state index in [9.17, 15) is 4.79 Å². The van der Waals surface area contributed by atoms with Crippen molar-refractivity contribution in [2.45, 2.75) is 24.6 Å². The second-order valence-corrected chi connectivity index (χ2v) is 5.52. The first-order chi connectivity index (χ1) is 7.40. The number of carboxylic acid groups (broad SMARTS) is 1. The van der Waals surface area contributed by atoms with Crippen molar-refractivity contribution in [3.05, 3.63) is 35.9 Å². The predicted molar refractivity (Wildman–Crippen MR) is 67.5 cm³/mol. The predicted octanol–water partition coefficient (Wildman–Crippen LogP) is 2.28. The molecule has 1 aromatic rings. The second kappa shape index (κ2) is 5.37. The van der Waals surface area contributed by atoms with E-state index >= 15 is 0 Å². The molecule has 0 radical (unpaired) electrons. The van der Waals surface area contributed by atoms with Gasteiger partial charge in [0.15, 0.2) is 0 Å². The van der Waals surface area contributed by atoms with Gasteiger partial charge in [0.1, 0.15) is 5.25 Å². The Morgan fingerprint density at radius 2 is 2.00 bits per heavy atom. The number of rotatable bonds is 5. The van der Waals surface area contributed by atoms with Crippen LogP contribution in [0.25, 0.3) is 0 Å². The van der Waals surface area contributed by atoms with Crippen LogP contribution >= 0.6 is 11.8 Å². The summed E-state index contributed by atoms with van der Waals surface area (Å²) >= 11 is 1.37. The molecule has 0 aliphatic heterocycles. The summed E-state index contributed by atoms with van der Waals surface area (Å²) in [6.45, 7) is 3.79. The molecule has 16 heavy (non-hydrogen) atoms. The summed E-state index contributed by atoms with van der Waals surface area (Å²) in [7, 11) is 0. The molecule has 0 bridgehead atoms. The van der Waals surface area contributed by atoms with E-state index in [0.717, 1.165) is 5.56 Å². The summed E-state index contributed by atoms with van der Waals surface area (Å²) < 4.78 is 0. The van der Waals surface area contributed by atoms with Crippen LogP contribution in [0.1, 0.15) is 24.7 Å². The van der Waals surface area contributed by atoms with Gasteiger partial charge in [0, 0.05) is 11.3 Å². The van der Waals surface area contributed by atoms with E-state index in [0.29, 0.717) is 5.75 Å². The molecule has 0 spiro atoms. The van der Waals surface area contributed by atoms with Gasteiger partial charge in [-0.25, -0.2) is 0 Å². The van der Waals surface area contributed by atoms with Gasteiger partial charge < -0.3 is 10.8 Å². The summed E-state index contributed by atoms with van der Waals surface area (Å²) in [5.74, 6) is -0.209. The van der Waals surface area contributed by atoms with E-state index < -0.39 is 11.2 Å². The van der Waals surface area contributed by atoms with Gasteiger partial charge >= 0.3 is 5.97 Å². The maximum absolute atomic E-state index is 11.2. The van der Waals surface area contributed by atoms with Crippen LogP contribution in [0.5, 0.6) is 0 Å². The van der Waals surface area contributed by atoms with Crippen molar-refractivity contribution in [2.24, 2.45) is 5.73 Å². The second-order valence-electron chi connectivity index (χ2n) is 4.43. The third-order valence-electron chi connectivity index (χ3n) is 1.95. The maximum Gasteiger partial charge on any atom is 0.321 e. The minimum Gasteiger partial charge on any atom is -0.480 e. The molecule has 3 nitrogen and oxygen atoms in total. The van der Waals surface area contributed by atoms with Gasteiger partial charge in [-0.05, 0) is 19.4 Å². The minimum atomic E-state index is -0.819. The first-order valence-electron chi connectivity index (χ1n) is 5.08. The van der Waals surface area contributed by atoms with Gasteiger partial charge in [0.2, 0.25) is 0 Å². The molecule has 0 saturated carbocycles. The van der Waals surface area contributed by atoms with Crippen LogP contribution in [0.15, 0.2) is 30.3 Å². The van der Waals surface area contributed by atoms with E-state index in [1.165, 1.54) is 11.8 Å². The van der Waals surface area contributed by atoms with Crippen LogP contribution in [0, 0.1) is 0 Å². The van der Waals surface area contributed by atoms with Crippen LogP contribution in [-0.2, 0) is 4.79 Å². The Balaban J connectivity index is 2.74. The highest BCUT2D eigenvalue weighted by Gasteiger charge is 2.23. The number of hydrogen-bond acceptors (Lipinski definition) is 3. The Bertz CT molecular complexity index is 346. The fraction of sp³-hybridized carbons (Fsp3) is 0.417. The van der Waals surface area contributed by atoms with Crippen LogP contribution in [-0.4, -0.2) is 22.4 Å². The Labute approximate surface area is 100 Å². The lowest BCUT2D eigenvalue weighted by Gasteiger charge is -2.20. The highest BCUT2D eigenvalue weighted by molar-refractivity contribution is 8.00. The molecule has 0 heterocycles. The number of benzene rings is 1. The van der Waals surface area contributed by atoms with Gasteiger partial charge in [-0.3, -0.25) is 4.79 Å². The zero-order valence-corrected chi connectivity index (χ0v) is 10.3. The molecular weight excluding hydrogens is 222 g/mol. The van der Waals surface area contributed by atoms with Gasteiger partial charge in [-0.1, -0.05) is 30.3 Å². The first-order valence-corrected chi connectivity index (χ1v) is 6.13. The average Bonchev–Trinajstić information content (AvgIpc) is 2.17. The largest absolute Gasteiger partial charge is 0.480 e. The van der Waals surface area contributed by atoms with E-state index in [-0.39, 0.29) is 5.54 Å². The molecule has 1 aromatic carbocycles. The van der Waals surface area contributed by atoms with Crippen molar-refractivity contribution in [1.29, 1.82) is 0 Å². The summed E-state index contributed by atoms with van der Waals surface area (Å²) in [5.41, 5.74) is 6.30. The summed E-state index contributed by atoms with van der Waals surface area (Å²) in [5, 5.41) is 8.62. The van der Waals surface area contributed by atoms with Gasteiger partial charge in [-0.15, -0.1) is 11.8 Å². The minimum absolute atomic E-state index is 0.354. The zero-order valence-electron chi connectivity index (χ0n) is 9.51. The molecule has 0 aliphatic carbocycles. The molecule has 0 aliphatic rings. The quantitative estimate of drug-likeness (QED) is 0.827. The number of carbonyl (C=O) groups is 1. The molecule has 3 N–H and O–H groups in total. The fourth-order valence-electron chi connectivity index (χ4n) is 1.24. The fourth-order valence-corrected chi connectivity index (χ4v) is 2.32. The Morgan fingerprint density at radius 1 is 1.44 bits per heavy atom. The third kappa shape index (κ3) is 4.24. The van der Waals surface area contributed by atoms with Gasteiger partial charge in [0.05, 0.1) is 0 Å². The monoisotopic (exact) mass is 239 g/mol. The first kappa shape index (κ1) is 13.1. The number of thioether (sulfide) groups is 1. The number of aliphatic carboxylic acids is 1. The van der Waals surface area contributed by atoms with E-state index in [2.05, 4.69) is 0 Å². The number of carboxylic acids is 1. The highest BCUT2D eigenvalue weighted by Crippen LogP contribution is 2.30. The van der Waals surface area contributed by atoms with Crippen molar-refractivity contribution in [1.82, 2.24) is 0 Å². The summed E-state index contributed by atoms with van der Waals surface area (Å²) in [4.78, 5) is 11.2. The topological polar surface area (TPSA) is 63.3 Å². The van der Waals surface area contributed by atoms with Crippen LogP contribution in [0.2, 0.25) is 0 Å². The molecular formula is C12H17NO2S. The number of hydrogen-bond donors (Lipinski definition) is 2. The standard InChI is InChI=1S/C12H17NO2S/c1-12(2,13)8-16-10(11(14)15)9-6-4-3-5-7-9/h3-7,10H,8,13H2,1-2H3,(H,14,15). The van der Waals surface area contributed by atoms with Crippen LogP contribution in [0.3, 0.4) is 0 Å². The molecule has 0 fully saturated rings. The smallest absolute Gasteiger partial charge is 0.321 e. The van der Waals surface area contributed by atoms with Crippen molar-refractivity contribution in [3.63, 3.8) is 0 Å². The summed E-state index contributed by atoms with van der Waals surface area (Å²) in [6, 6.07) is 9.23. The van der Waals surface area contributed by atoms with Crippen LogP contribution in [0.4, 0.5) is 0 Å². The lowest BCUT2D eigenvalue weighted by atomic mass is 10.1. The van der Waals surface area contributed by atoms with Crippen molar-refractivity contribution in [3.8, 4) is 0 Å². The highest BCUT2D eigenvalue weighted by atomic mass is 32.2. The maximum atomic E-state index is 11.2. The average molecular weight is 239 g/mol. The van der Waals surface area contributed by atoms with Crippen molar-refractivity contribution < 1.29 is 9.90 Å². The van der Waals surface area contributed by atoms with Gasteiger partial charge in [0.25, 0.3) is 0 Å². The molecule has 88 valence electrons. The van der Waals surface area contributed by atoms with E-state index in [1.807, 2.05) is 44.2 Å². The molecule has 0 aromatic heterocycles. The van der Waals surface area contributed by atoms with Crippen LogP contribution < -0.4 is 5.73 Å². The lowest BCUT2D eigenvalue weighted by Crippen LogP contribution is -2.35. The third-order valence-corrected chi connectivity index (χ3v) is 3.67. The Kier molecular flexibility index (Phi) is 4.38. The number of nitrogens with two attached hydrogens (primary N) is 1. The summed E-state index contributed by atoms with van der Waals surface area (Å²) in [6.07, 6.45) is 0. The SMILES string of the molecule is CC(C)(N)CSC(C(=O)O)c1ccccc1. The molecule has 4 heteroatoms. The van der Waals surface area contributed by atoms with Crippen molar-refractivity contribution in [2.75, 3.05) is 5.75 Å². The Morgan fingerprint density at radius 3 is 2.44 bits per heavy atom. The molecule has 0 saturated heterocycles. The zero-order chi connectivity index (χ0) is 12.2. The molecule has 1 unspecified atom stereocenters. The van der Waals surface area contributed by atoms with E-state index in [4.69, 9.17) is 10.8 Å².